The molecule has 0 spiro atoms. The Balaban J connectivity index is 2.34. The van der Waals surface area contributed by atoms with Gasteiger partial charge in [-0.2, -0.15) is 0 Å². The lowest BCUT2D eigenvalue weighted by molar-refractivity contribution is -0.120. The molecule has 0 saturated heterocycles. The highest BCUT2D eigenvalue weighted by molar-refractivity contribution is 5.82. The van der Waals surface area contributed by atoms with Crippen LogP contribution in [0, 0.1) is 5.92 Å². The first-order valence-corrected chi connectivity index (χ1v) is 7.45. The first-order valence-electron chi connectivity index (χ1n) is 7.45. The summed E-state index contributed by atoms with van der Waals surface area (Å²) < 4.78 is 0. The van der Waals surface area contributed by atoms with Crippen LogP contribution < -0.4 is 0 Å². The molecule has 2 unspecified atom stereocenters. The first-order chi connectivity index (χ1) is 8.19. The van der Waals surface area contributed by atoms with Crippen molar-refractivity contribution in [2.24, 2.45) is 5.92 Å². The SMILES string of the molecule is CCCCN(CCC1CCCC1=O)C(C)CC. The zero-order valence-corrected chi connectivity index (χ0v) is 11.9. The van der Waals surface area contributed by atoms with Gasteiger partial charge in [0.2, 0.25) is 0 Å². The van der Waals surface area contributed by atoms with Gasteiger partial charge in [-0.1, -0.05) is 20.3 Å². The van der Waals surface area contributed by atoms with Crippen molar-refractivity contribution in [1.82, 2.24) is 4.90 Å². The van der Waals surface area contributed by atoms with Gasteiger partial charge in [-0.25, -0.2) is 0 Å². The van der Waals surface area contributed by atoms with Crippen LogP contribution in [0.2, 0.25) is 0 Å². The molecule has 0 heterocycles. The number of rotatable bonds is 8. The fourth-order valence-corrected chi connectivity index (χ4v) is 2.69. The highest BCUT2D eigenvalue weighted by Crippen LogP contribution is 2.25. The van der Waals surface area contributed by atoms with Crippen LogP contribution in [0.25, 0.3) is 0 Å². The van der Waals surface area contributed by atoms with Crippen molar-refractivity contribution in [2.75, 3.05) is 13.1 Å². The predicted octanol–water partition coefficient (Wildman–Crippen LogP) is 3.65. The van der Waals surface area contributed by atoms with E-state index in [4.69, 9.17) is 0 Å². The maximum Gasteiger partial charge on any atom is 0.136 e. The second-order valence-corrected chi connectivity index (χ2v) is 5.49. The quantitative estimate of drug-likeness (QED) is 0.644. The molecular weight excluding hydrogens is 210 g/mol. The van der Waals surface area contributed by atoms with Crippen LogP contribution in [-0.2, 0) is 4.79 Å². The van der Waals surface area contributed by atoms with Crippen molar-refractivity contribution in [3.63, 3.8) is 0 Å². The first kappa shape index (κ1) is 14.7. The third-order valence-electron chi connectivity index (χ3n) is 4.21. The highest BCUT2D eigenvalue weighted by atomic mass is 16.1. The molecule has 17 heavy (non-hydrogen) atoms. The van der Waals surface area contributed by atoms with Gasteiger partial charge in [0.1, 0.15) is 5.78 Å². The van der Waals surface area contributed by atoms with Crippen molar-refractivity contribution >= 4 is 5.78 Å². The number of hydrogen-bond donors (Lipinski definition) is 0. The Kier molecular flexibility index (Phi) is 6.79. The molecule has 2 nitrogen and oxygen atoms in total. The summed E-state index contributed by atoms with van der Waals surface area (Å²) in [5, 5.41) is 0. The van der Waals surface area contributed by atoms with E-state index in [0.717, 1.165) is 32.2 Å². The summed E-state index contributed by atoms with van der Waals surface area (Å²) in [5.41, 5.74) is 0. The number of Topliss-reactive ketones (excluding diaryl/α,β-unsaturated/α-hetero) is 1. The van der Waals surface area contributed by atoms with Crippen molar-refractivity contribution < 1.29 is 4.79 Å². The maximum absolute atomic E-state index is 11.6. The highest BCUT2D eigenvalue weighted by Gasteiger charge is 2.25. The Hall–Kier alpha value is -0.370. The van der Waals surface area contributed by atoms with E-state index < -0.39 is 0 Å². The minimum absolute atomic E-state index is 0.378. The summed E-state index contributed by atoms with van der Waals surface area (Å²) in [5.74, 6) is 0.896. The standard InChI is InChI=1S/C15H29NO/c1-4-6-11-16(13(3)5-2)12-10-14-8-7-9-15(14)17/h13-14H,4-12H2,1-3H3. The molecular formula is C15H29NO. The van der Waals surface area contributed by atoms with Gasteiger partial charge in [0.15, 0.2) is 0 Å². The summed E-state index contributed by atoms with van der Waals surface area (Å²) in [6.45, 7) is 9.13. The lowest BCUT2D eigenvalue weighted by Crippen LogP contribution is -2.35. The van der Waals surface area contributed by atoms with Gasteiger partial charge in [-0.05, 0) is 52.1 Å². The minimum atomic E-state index is 0.378. The van der Waals surface area contributed by atoms with Crippen molar-refractivity contribution in [1.29, 1.82) is 0 Å². The maximum atomic E-state index is 11.6. The minimum Gasteiger partial charge on any atom is -0.301 e. The topological polar surface area (TPSA) is 20.3 Å². The molecule has 0 aromatic heterocycles. The second-order valence-electron chi connectivity index (χ2n) is 5.49. The smallest absolute Gasteiger partial charge is 0.136 e. The Labute approximate surface area is 107 Å². The summed E-state index contributed by atoms with van der Waals surface area (Å²) in [6, 6.07) is 0.665. The van der Waals surface area contributed by atoms with Crippen LogP contribution in [0.3, 0.4) is 0 Å². The van der Waals surface area contributed by atoms with E-state index in [1.807, 2.05) is 0 Å². The Morgan fingerprint density at radius 3 is 2.65 bits per heavy atom. The van der Waals surface area contributed by atoms with Gasteiger partial charge in [-0.15, -0.1) is 0 Å². The average Bonchev–Trinajstić information content (AvgIpc) is 2.74. The molecule has 1 fully saturated rings. The molecule has 2 atom stereocenters. The van der Waals surface area contributed by atoms with Gasteiger partial charge in [0.05, 0.1) is 0 Å². The molecule has 0 N–H and O–H groups in total. The molecule has 0 amide bonds. The summed E-state index contributed by atoms with van der Waals surface area (Å²) in [4.78, 5) is 14.2. The number of unbranched alkanes of at least 4 members (excludes halogenated alkanes) is 1. The molecule has 1 aliphatic carbocycles. The predicted molar refractivity (Wildman–Crippen MR) is 73.2 cm³/mol. The molecule has 0 aromatic carbocycles. The molecule has 1 saturated carbocycles. The Morgan fingerprint density at radius 1 is 1.35 bits per heavy atom. The van der Waals surface area contributed by atoms with E-state index in [2.05, 4.69) is 25.7 Å². The number of nitrogens with zero attached hydrogens (tertiary/aromatic N) is 1. The molecule has 0 aromatic rings. The number of carbonyl (C=O) groups excluding carboxylic acids is 1. The van der Waals surface area contributed by atoms with Crippen molar-refractivity contribution in [3.8, 4) is 0 Å². The zero-order valence-electron chi connectivity index (χ0n) is 11.9. The van der Waals surface area contributed by atoms with E-state index in [9.17, 15) is 4.79 Å². The fourth-order valence-electron chi connectivity index (χ4n) is 2.69. The summed E-state index contributed by atoms with van der Waals surface area (Å²) in [6.07, 6.45) is 7.94. The van der Waals surface area contributed by atoms with Crippen LogP contribution in [0.1, 0.15) is 65.7 Å². The van der Waals surface area contributed by atoms with Gasteiger partial charge in [-0.3, -0.25) is 4.79 Å². The molecule has 0 aliphatic heterocycles. The van der Waals surface area contributed by atoms with E-state index in [-0.39, 0.29) is 0 Å². The van der Waals surface area contributed by atoms with Crippen LogP contribution in [0.5, 0.6) is 0 Å². The largest absolute Gasteiger partial charge is 0.301 e. The van der Waals surface area contributed by atoms with Gasteiger partial charge >= 0.3 is 0 Å². The van der Waals surface area contributed by atoms with Gasteiger partial charge in [0, 0.05) is 18.4 Å². The third kappa shape index (κ3) is 4.79. The molecule has 100 valence electrons. The van der Waals surface area contributed by atoms with E-state index in [1.165, 1.54) is 25.8 Å². The van der Waals surface area contributed by atoms with Crippen molar-refractivity contribution in [3.05, 3.63) is 0 Å². The molecule has 1 aliphatic rings. The molecule has 0 bridgehead atoms. The molecule has 1 rings (SSSR count). The second kappa shape index (κ2) is 7.86. The van der Waals surface area contributed by atoms with E-state index >= 15 is 0 Å². The monoisotopic (exact) mass is 239 g/mol. The number of carbonyl (C=O) groups is 1. The zero-order chi connectivity index (χ0) is 12.7. The Morgan fingerprint density at radius 2 is 2.12 bits per heavy atom. The van der Waals surface area contributed by atoms with Crippen LogP contribution in [0.4, 0.5) is 0 Å². The van der Waals surface area contributed by atoms with Gasteiger partial charge in [0.25, 0.3) is 0 Å². The average molecular weight is 239 g/mol. The van der Waals surface area contributed by atoms with Crippen LogP contribution in [0.15, 0.2) is 0 Å². The summed E-state index contributed by atoms with van der Waals surface area (Å²) in [7, 11) is 0. The number of hydrogen-bond acceptors (Lipinski definition) is 2. The van der Waals surface area contributed by atoms with Crippen molar-refractivity contribution in [2.45, 2.75) is 71.8 Å². The lowest BCUT2D eigenvalue weighted by atomic mass is 10.0. The van der Waals surface area contributed by atoms with Crippen LogP contribution in [-0.4, -0.2) is 29.8 Å². The normalized spacial score (nSPS) is 22.4. The van der Waals surface area contributed by atoms with E-state index in [0.29, 0.717) is 17.7 Å². The van der Waals surface area contributed by atoms with Gasteiger partial charge < -0.3 is 4.90 Å². The third-order valence-corrected chi connectivity index (χ3v) is 4.21. The fraction of sp³-hybridized carbons (Fsp3) is 0.933. The number of ketones is 1. The van der Waals surface area contributed by atoms with Crippen LogP contribution >= 0.6 is 0 Å². The molecule has 2 heteroatoms. The lowest BCUT2D eigenvalue weighted by Gasteiger charge is -2.29. The van der Waals surface area contributed by atoms with E-state index in [1.54, 1.807) is 0 Å². The Bertz CT molecular complexity index is 227. The summed E-state index contributed by atoms with van der Waals surface area (Å²) >= 11 is 0. The molecule has 0 radical (unpaired) electrons.